The third kappa shape index (κ3) is 2.75. The average Bonchev–Trinajstić information content (AvgIpc) is 2.39. The smallest absolute Gasteiger partial charge is 0.151 e. The first-order chi connectivity index (χ1) is 8.22. The lowest BCUT2D eigenvalue weighted by Crippen LogP contribution is -2.50. The molecule has 1 saturated heterocycles. The van der Waals surface area contributed by atoms with Crippen molar-refractivity contribution >= 4 is 5.82 Å². The number of aryl methyl sites for hydroxylation is 1. The third-order valence-electron chi connectivity index (χ3n) is 3.66. The summed E-state index contributed by atoms with van der Waals surface area (Å²) in [6, 6.07) is 5.14. The fourth-order valence-electron chi connectivity index (χ4n) is 2.50. The molecule has 4 nitrogen and oxygen atoms in total. The molecule has 17 heavy (non-hydrogen) atoms. The van der Waals surface area contributed by atoms with Gasteiger partial charge >= 0.3 is 0 Å². The van der Waals surface area contributed by atoms with Gasteiger partial charge in [0, 0.05) is 18.6 Å². The first-order valence-electron chi connectivity index (χ1n) is 6.46. The van der Waals surface area contributed by atoms with Gasteiger partial charge in [0.15, 0.2) is 5.82 Å². The lowest BCUT2D eigenvalue weighted by molar-refractivity contribution is 0.379. The Hall–Kier alpha value is -1.16. The fourth-order valence-corrected chi connectivity index (χ4v) is 2.50. The number of nitrogens with zero attached hydrogens (tertiary/aromatic N) is 3. The fraction of sp³-hybridized carbons (Fsp3) is 0.692. The second kappa shape index (κ2) is 5.45. The third-order valence-corrected chi connectivity index (χ3v) is 3.66. The Labute approximate surface area is 103 Å². The molecule has 0 amide bonds. The standard InChI is InChI=1S/C13H22N4/c1-10-7-8-13(16-15-10)17-9-5-4-6-12(17)11(2)14-3/h7-8,11-12,14H,4-6,9H2,1-3H3. The molecule has 1 aliphatic heterocycles. The van der Waals surface area contributed by atoms with Crippen molar-refractivity contribution in [3.05, 3.63) is 17.8 Å². The quantitative estimate of drug-likeness (QED) is 0.865. The molecule has 4 heteroatoms. The van der Waals surface area contributed by atoms with Crippen molar-refractivity contribution in [1.82, 2.24) is 15.5 Å². The molecule has 0 bridgehead atoms. The zero-order chi connectivity index (χ0) is 12.3. The molecule has 1 aromatic rings. The Morgan fingerprint density at radius 1 is 1.35 bits per heavy atom. The molecule has 0 aromatic carbocycles. The molecule has 1 N–H and O–H groups in total. The number of anilines is 1. The van der Waals surface area contributed by atoms with Gasteiger partial charge in [-0.2, -0.15) is 5.10 Å². The van der Waals surface area contributed by atoms with Gasteiger partial charge in [-0.25, -0.2) is 0 Å². The van der Waals surface area contributed by atoms with E-state index in [9.17, 15) is 0 Å². The topological polar surface area (TPSA) is 41.0 Å². The minimum absolute atomic E-state index is 0.485. The predicted octanol–water partition coefficient (Wildman–Crippen LogP) is 1.75. The lowest BCUT2D eigenvalue weighted by atomic mass is 9.96. The van der Waals surface area contributed by atoms with Crippen LogP contribution in [0.1, 0.15) is 31.9 Å². The van der Waals surface area contributed by atoms with Crippen molar-refractivity contribution in [2.45, 2.75) is 45.2 Å². The number of aromatic nitrogens is 2. The number of rotatable bonds is 3. The van der Waals surface area contributed by atoms with E-state index in [4.69, 9.17) is 0 Å². The van der Waals surface area contributed by atoms with Crippen LogP contribution in [-0.2, 0) is 0 Å². The van der Waals surface area contributed by atoms with Crippen molar-refractivity contribution in [2.24, 2.45) is 0 Å². The molecule has 1 aromatic heterocycles. The maximum atomic E-state index is 4.32. The van der Waals surface area contributed by atoms with Gasteiger partial charge in [-0.15, -0.1) is 5.10 Å². The normalized spacial score (nSPS) is 22.5. The lowest BCUT2D eigenvalue weighted by Gasteiger charge is -2.39. The summed E-state index contributed by atoms with van der Waals surface area (Å²) in [5, 5.41) is 11.8. The van der Waals surface area contributed by atoms with Gasteiger partial charge in [0.1, 0.15) is 0 Å². The number of hydrogen-bond donors (Lipinski definition) is 1. The van der Waals surface area contributed by atoms with E-state index in [0.29, 0.717) is 12.1 Å². The van der Waals surface area contributed by atoms with E-state index < -0.39 is 0 Å². The summed E-state index contributed by atoms with van der Waals surface area (Å²) in [6.45, 7) is 5.31. The summed E-state index contributed by atoms with van der Waals surface area (Å²) in [7, 11) is 2.03. The molecule has 2 heterocycles. The van der Waals surface area contributed by atoms with Gasteiger partial charge < -0.3 is 10.2 Å². The van der Waals surface area contributed by atoms with Crippen LogP contribution in [0.4, 0.5) is 5.82 Å². The van der Waals surface area contributed by atoms with Gasteiger partial charge in [-0.1, -0.05) is 0 Å². The Morgan fingerprint density at radius 3 is 2.82 bits per heavy atom. The zero-order valence-electron chi connectivity index (χ0n) is 11.0. The van der Waals surface area contributed by atoms with E-state index in [1.165, 1.54) is 19.3 Å². The molecular formula is C13H22N4. The summed E-state index contributed by atoms with van der Waals surface area (Å²) in [4.78, 5) is 2.40. The largest absolute Gasteiger partial charge is 0.351 e. The summed E-state index contributed by atoms with van der Waals surface area (Å²) in [5.41, 5.74) is 0.976. The van der Waals surface area contributed by atoms with Crippen LogP contribution in [0.2, 0.25) is 0 Å². The molecule has 94 valence electrons. The molecule has 0 aliphatic carbocycles. The van der Waals surface area contributed by atoms with E-state index in [1.807, 2.05) is 20.0 Å². The molecule has 0 radical (unpaired) electrons. The van der Waals surface area contributed by atoms with Gasteiger partial charge in [0.05, 0.1) is 5.69 Å². The van der Waals surface area contributed by atoms with Crippen molar-refractivity contribution < 1.29 is 0 Å². The monoisotopic (exact) mass is 234 g/mol. The summed E-state index contributed by atoms with van der Waals surface area (Å²) >= 11 is 0. The SMILES string of the molecule is CNC(C)C1CCCCN1c1ccc(C)nn1. The Balaban J connectivity index is 2.18. The highest BCUT2D eigenvalue weighted by atomic mass is 15.3. The van der Waals surface area contributed by atoms with Crippen LogP contribution in [0.15, 0.2) is 12.1 Å². The van der Waals surface area contributed by atoms with Crippen LogP contribution < -0.4 is 10.2 Å². The van der Waals surface area contributed by atoms with Crippen LogP contribution >= 0.6 is 0 Å². The minimum atomic E-state index is 0.485. The molecule has 0 spiro atoms. The maximum Gasteiger partial charge on any atom is 0.151 e. The van der Waals surface area contributed by atoms with E-state index in [1.54, 1.807) is 0 Å². The molecule has 1 fully saturated rings. The molecule has 2 unspecified atom stereocenters. The van der Waals surface area contributed by atoms with Crippen LogP contribution in [0.25, 0.3) is 0 Å². The molecule has 2 rings (SSSR count). The van der Waals surface area contributed by atoms with Crippen molar-refractivity contribution in [2.75, 3.05) is 18.5 Å². The average molecular weight is 234 g/mol. The summed E-state index contributed by atoms with van der Waals surface area (Å²) in [6.07, 6.45) is 3.80. The predicted molar refractivity (Wildman–Crippen MR) is 70.3 cm³/mol. The summed E-state index contributed by atoms with van der Waals surface area (Å²) in [5.74, 6) is 1.02. The van der Waals surface area contributed by atoms with Crippen molar-refractivity contribution in [3.63, 3.8) is 0 Å². The van der Waals surface area contributed by atoms with Crippen molar-refractivity contribution in [3.8, 4) is 0 Å². The van der Waals surface area contributed by atoms with Crippen LogP contribution in [-0.4, -0.2) is 35.9 Å². The molecule has 0 saturated carbocycles. The number of nitrogens with one attached hydrogen (secondary N) is 1. The molecular weight excluding hydrogens is 212 g/mol. The van der Waals surface area contributed by atoms with E-state index in [2.05, 4.69) is 33.4 Å². The van der Waals surface area contributed by atoms with E-state index in [0.717, 1.165) is 18.1 Å². The second-order valence-corrected chi connectivity index (χ2v) is 4.87. The summed E-state index contributed by atoms with van der Waals surface area (Å²) < 4.78 is 0. The zero-order valence-corrected chi connectivity index (χ0v) is 11.0. The van der Waals surface area contributed by atoms with Gasteiger partial charge in [-0.05, 0) is 52.3 Å². The number of likely N-dealkylation sites (N-methyl/N-ethyl adjacent to an activating group) is 1. The highest BCUT2D eigenvalue weighted by Gasteiger charge is 2.27. The minimum Gasteiger partial charge on any atom is -0.351 e. The van der Waals surface area contributed by atoms with Crippen LogP contribution in [0.3, 0.4) is 0 Å². The van der Waals surface area contributed by atoms with Gasteiger partial charge in [-0.3, -0.25) is 0 Å². The Kier molecular flexibility index (Phi) is 3.94. The Bertz CT molecular complexity index is 349. The highest BCUT2D eigenvalue weighted by molar-refractivity contribution is 5.39. The number of piperidine rings is 1. The first-order valence-corrected chi connectivity index (χ1v) is 6.46. The molecule has 2 atom stereocenters. The van der Waals surface area contributed by atoms with Gasteiger partial charge in [0.25, 0.3) is 0 Å². The first kappa shape index (κ1) is 12.3. The Morgan fingerprint density at radius 2 is 2.18 bits per heavy atom. The number of hydrogen-bond acceptors (Lipinski definition) is 4. The second-order valence-electron chi connectivity index (χ2n) is 4.87. The van der Waals surface area contributed by atoms with Crippen LogP contribution in [0.5, 0.6) is 0 Å². The van der Waals surface area contributed by atoms with E-state index in [-0.39, 0.29) is 0 Å². The van der Waals surface area contributed by atoms with Gasteiger partial charge in [0.2, 0.25) is 0 Å². The highest BCUT2D eigenvalue weighted by Crippen LogP contribution is 2.24. The van der Waals surface area contributed by atoms with Crippen LogP contribution in [0, 0.1) is 6.92 Å². The van der Waals surface area contributed by atoms with Crippen molar-refractivity contribution in [1.29, 1.82) is 0 Å². The maximum absolute atomic E-state index is 4.32. The van der Waals surface area contributed by atoms with E-state index >= 15 is 0 Å². The molecule has 1 aliphatic rings.